The van der Waals surface area contributed by atoms with Gasteiger partial charge < -0.3 is 15.0 Å². The van der Waals surface area contributed by atoms with Crippen LogP contribution in [-0.2, 0) is 13.1 Å². The van der Waals surface area contributed by atoms with Crippen LogP contribution in [0.4, 0.5) is 0 Å². The number of aryl methyl sites for hydroxylation is 2. The molecule has 2 aromatic rings. The van der Waals surface area contributed by atoms with Crippen molar-refractivity contribution in [2.45, 2.75) is 61.1 Å². The smallest absolute Gasteiger partial charge is 0.337 e. The fraction of sp³-hybridized carbons (Fsp3) is 0.500. The minimum atomic E-state index is -0.842. The molecule has 0 saturated carbocycles. The third-order valence-electron chi connectivity index (χ3n) is 5.16. The maximum absolute atomic E-state index is 11.9. The van der Waals surface area contributed by atoms with Gasteiger partial charge in [-0.05, 0) is 57.7 Å². The van der Waals surface area contributed by atoms with Gasteiger partial charge in [-0.1, -0.05) is 37.6 Å². The molecule has 0 fully saturated rings. The fourth-order valence-electron chi connectivity index (χ4n) is 3.43. The van der Waals surface area contributed by atoms with Crippen molar-refractivity contribution in [3.05, 3.63) is 57.4 Å². The Morgan fingerprint density at radius 3 is 2.46 bits per heavy atom. The van der Waals surface area contributed by atoms with Gasteiger partial charge in [0.15, 0.2) is 0 Å². The highest BCUT2D eigenvalue weighted by Gasteiger charge is 2.22. The summed E-state index contributed by atoms with van der Waals surface area (Å²) in [5.74, 6) is -0.204. The Balaban J connectivity index is 2.33. The summed E-state index contributed by atoms with van der Waals surface area (Å²) in [4.78, 5) is 11.9. The summed E-state index contributed by atoms with van der Waals surface area (Å²) >= 11 is 0. The van der Waals surface area contributed by atoms with E-state index < -0.39 is 5.97 Å². The van der Waals surface area contributed by atoms with Crippen molar-refractivity contribution in [2.75, 3.05) is 6.54 Å². The van der Waals surface area contributed by atoms with E-state index in [0.717, 1.165) is 29.9 Å². The Labute approximate surface area is 157 Å². The quantitative estimate of drug-likeness (QED) is 0.680. The predicted molar refractivity (Wildman–Crippen MR) is 107 cm³/mol. The largest absolute Gasteiger partial charge is 0.478 e. The van der Waals surface area contributed by atoms with Crippen LogP contribution >= 0.6 is 0 Å². The first-order valence-electron chi connectivity index (χ1n) is 9.41. The Kier molecular flexibility index (Phi) is 6.65. The molecular formula is C22H32N2O2. The van der Waals surface area contributed by atoms with Crippen LogP contribution < -0.4 is 5.32 Å². The van der Waals surface area contributed by atoms with Crippen LogP contribution in [0.15, 0.2) is 18.2 Å². The van der Waals surface area contributed by atoms with Crippen LogP contribution in [0.25, 0.3) is 0 Å². The molecule has 0 unspecified atom stereocenters. The minimum Gasteiger partial charge on any atom is -0.478 e. The Morgan fingerprint density at radius 1 is 1.15 bits per heavy atom. The highest BCUT2D eigenvalue weighted by atomic mass is 16.4. The van der Waals surface area contributed by atoms with Gasteiger partial charge in [0.1, 0.15) is 0 Å². The van der Waals surface area contributed by atoms with Gasteiger partial charge in [-0.2, -0.15) is 0 Å². The van der Waals surface area contributed by atoms with Crippen molar-refractivity contribution in [2.24, 2.45) is 5.92 Å². The Bertz CT molecular complexity index is 788. The predicted octanol–water partition coefficient (Wildman–Crippen LogP) is 4.60. The van der Waals surface area contributed by atoms with E-state index in [0.29, 0.717) is 24.6 Å². The van der Waals surface area contributed by atoms with Crippen molar-refractivity contribution in [1.29, 1.82) is 0 Å². The van der Waals surface area contributed by atoms with Crippen LogP contribution in [0.5, 0.6) is 0 Å². The topological polar surface area (TPSA) is 54.3 Å². The van der Waals surface area contributed by atoms with E-state index in [1.165, 1.54) is 16.7 Å². The van der Waals surface area contributed by atoms with Gasteiger partial charge in [-0.15, -0.1) is 0 Å². The van der Waals surface area contributed by atoms with Gasteiger partial charge in [0.05, 0.1) is 5.56 Å². The Morgan fingerprint density at radius 2 is 1.85 bits per heavy atom. The molecule has 26 heavy (non-hydrogen) atoms. The lowest BCUT2D eigenvalue weighted by Gasteiger charge is -2.13. The zero-order valence-corrected chi connectivity index (χ0v) is 16.9. The van der Waals surface area contributed by atoms with E-state index in [1.807, 2.05) is 13.8 Å². The third-order valence-corrected chi connectivity index (χ3v) is 5.16. The van der Waals surface area contributed by atoms with E-state index in [4.69, 9.17) is 0 Å². The number of benzene rings is 1. The molecule has 0 bridgehead atoms. The maximum Gasteiger partial charge on any atom is 0.337 e. The first-order chi connectivity index (χ1) is 12.2. The molecule has 1 aromatic carbocycles. The van der Waals surface area contributed by atoms with Gasteiger partial charge in [-0.25, -0.2) is 4.79 Å². The average Bonchev–Trinajstić information content (AvgIpc) is 2.79. The summed E-state index contributed by atoms with van der Waals surface area (Å²) in [6.45, 7) is 14.7. The summed E-state index contributed by atoms with van der Waals surface area (Å²) in [5, 5.41) is 13.2. The molecule has 0 aliphatic heterocycles. The first kappa shape index (κ1) is 20.2. The number of aromatic carboxylic acids is 1. The van der Waals surface area contributed by atoms with Crippen LogP contribution in [-0.4, -0.2) is 22.2 Å². The van der Waals surface area contributed by atoms with Gasteiger partial charge in [0.2, 0.25) is 0 Å². The molecule has 0 saturated heterocycles. The fourth-order valence-corrected chi connectivity index (χ4v) is 3.43. The van der Waals surface area contributed by atoms with Crippen molar-refractivity contribution < 1.29 is 9.90 Å². The molecule has 4 heteroatoms. The number of carbonyl (C=O) groups is 1. The van der Waals surface area contributed by atoms with Crippen LogP contribution in [0.2, 0.25) is 0 Å². The lowest BCUT2D eigenvalue weighted by Crippen LogP contribution is -2.18. The summed E-state index contributed by atoms with van der Waals surface area (Å²) in [6, 6.07) is 6.43. The second-order valence-electron chi connectivity index (χ2n) is 7.70. The molecule has 0 spiro atoms. The minimum absolute atomic E-state index is 0.449. The number of carboxylic acids is 1. The van der Waals surface area contributed by atoms with Crippen molar-refractivity contribution in [3.8, 4) is 0 Å². The molecule has 4 nitrogen and oxygen atoms in total. The monoisotopic (exact) mass is 356 g/mol. The maximum atomic E-state index is 11.9. The molecule has 1 heterocycles. The van der Waals surface area contributed by atoms with Gasteiger partial charge in [0, 0.05) is 30.0 Å². The van der Waals surface area contributed by atoms with Gasteiger partial charge in [-0.3, -0.25) is 0 Å². The zero-order valence-electron chi connectivity index (χ0n) is 16.9. The molecule has 142 valence electrons. The molecule has 0 atom stereocenters. The second-order valence-corrected chi connectivity index (χ2v) is 7.70. The molecular weight excluding hydrogens is 324 g/mol. The summed E-state index contributed by atoms with van der Waals surface area (Å²) < 4.78 is 2.14. The lowest BCUT2D eigenvalue weighted by molar-refractivity contribution is 0.0694. The number of rotatable bonds is 8. The molecule has 0 aliphatic carbocycles. The number of carboxylic acid groups (broad SMARTS) is 1. The van der Waals surface area contributed by atoms with Gasteiger partial charge in [0.25, 0.3) is 0 Å². The first-order valence-corrected chi connectivity index (χ1v) is 9.41. The summed E-state index contributed by atoms with van der Waals surface area (Å²) in [7, 11) is 0. The van der Waals surface area contributed by atoms with E-state index in [2.05, 4.69) is 55.8 Å². The number of nitrogens with one attached hydrogen (secondary N) is 1. The van der Waals surface area contributed by atoms with Crippen molar-refractivity contribution >= 4 is 5.97 Å². The SMILES string of the molecule is Cc1ccc(C)c(Cn2c(C)c(CNCCC(C)C)c(C(=O)O)c2C)c1. The highest BCUT2D eigenvalue weighted by molar-refractivity contribution is 5.91. The molecule has 1 aromatic heterocycles. The molecule has 2 rings (SSSR count). The molecule has 2 N–H and O–H groups in total. The number of hydrogen-bond acceptors (Lipinski definition) is 2. The van der Waals surface area contributed by atoms with Crippen LogP contribution in [0.3, 0.4) is 0 Å². The molecule has 0 aliphatic rings. The van der Waals surface area contributed by atoms with E-state index in [9.17, 15) is 9.90 Å². The Hall–Kier alpha value is -2.07. The van der Waals surface area contributed by atoms with E-state index in [1.54, 1.807) is 0 Å². The third kappa shape index (κ3) is 4.55. The molecule has 0 radical (unpaired) electrons. The number of aromatic nitrogens is 1. The van der Waals surface area contributed by atoms with Gasteiger partial charge >= 0.3 is 5.97 Å². The van der Waals surface area contributed by atoms with Crippen molar-refractivity contribution in [3.63, 3.8) is 0 Å². The van der Waals surface area contributed by atoms with Crippen molar-refractivity contribution in [1.82, 2.24) is 9.88 Å². The zero-order chi connectivity index (χ0) is 19.4. The normalized spacial score (nSPS) is 11.3. The van der Waals surface area contributed by atoms with E-state index >= 15 is 0 Å². The second kappa shape index (κ2) is 8.54. The summed E-state index contributed by atoms with van der Waals surface area (Å²) in [5.41, 5.74) is 6.92. The van der Waals surface area contributed by atoms with Crippen LogP contribution in [0, 0.1) is 33.6 Å². The van der Waals surface area contributed by atoms with Crippen LogP contribution in [0.1, 0.15) is 64.3 Å². The highest BCUT2D eigenvalue weighted by Crippen LogP contribution is 2.25. The average molecular weight is 357 g/mol. The summed E-state index contributed by atoms with van der Waals surface area (Å²) in [6.07, 6.45) is 1.09. The van der Waals surface area contributed by atoms with E-state index in [-0.39, 0.29) is 0 Å². The molecule has 0 amide bonds. The number of nitrogens with zero attached hydrogens (tertiary/aromatic N) is 1. The standard InChI is InChI=1S/C22H32N2O2/c1-14(2)9-10-23-12-20-17(5)24(18(6)21(20)22(25)26)13-19-11-15(3)7-8-16(19)4/h7-8,11,14,23H,9-10,12-13H2,1-6H3,(H,25,26). The lowest BCUT2D eigenvalue weighted by atomic mass is 10.1. The number of hydrogen-bond donors (Lipinski definition) is 2.